The Hall–Kier alpha value is -1.85. The van der Waals surface area contributed by atoms with Crippen molar-refractivity contribution < 1.29 is 4.39 Å². The van der Waals surface area contributed by atoms with Gasteiger partial charge in [-0.1, -0.05) is 0 Å². The number of hydrazine groups is 1. The van der Waals surface area contributed by atoms with Crippen molar-refractivity contribution in [3.05, 3.63) is 47.9 Å². The zero-order chi connectivity index (χ0) is 13.2. The van der Waals surface area contributed by atoms with Gasteiger partial charge in [0.25, 0.3) is 0 Å². The molecule has 0 spiro atoms. The van der Waals surface area contributed by atoms with E-state index in [1.807, 2.05) is 12.1 Å². The molecule has 4 nitrogen and oxygen atoms in total. The molecule has 1 saturated heterocycles. The van der Waals surface area contributed by atoms with Crippen LogP contribution in [0.25, 0.3) is 11.3 Å². The number of nitrogens with one attached hydrogen (secondary N) is 2. The third-order valence-corrected chi connectivity index (χ3v) is 3.46. The van der Waals surface area contributed by atoms with Gasteiger partial charge >= 0.3 is 0 Å². The first-order valence-electron chi connectivity index (χ1n) is 6.32. The van der Waals surface area contributed by atoms with Crippen molar-refractivity contribution in [1.29, 1.82) is 0 Å². The van der Waals surface area contributed by atoms with E-state index in [-0.39, 0.29) is 5.82 Å². The van der Waals surface area contributed by atoms with Crippen molar-refractivity contribution in [2.45, 2.75) is 18.9 Å². The summed E-state index contributed by atoms with van der Waals surface area (Å²) < 4.78 is 12.9. The molecule has 3 rings (SSSR count). The molecule has 0 aliphatic carbocycles. The molecule has 2 heterocycles. The molecular formula is C14H15FN4. The average molecular weight is 258 g/mol. The second-order valence-electron chi connectivity index (χ2n) is 4.77. The molecule has 2 atom stereocenters. The lowest BCUT2D eigenvalue weighted by Gasteiger charge is -2.12. The monoisotopic (exact) mass is 258 g/mol. The van der Waals surface area contributed by atoms with Gasteiger partial charge in [0.05, 0.1) is 11.4 Å². The maximum Gasteiger partial charge on any atom is 0.123 e. The van der Waals surface area contributed by atoms with Gasteiger partial charge in [-0.25, -0.2) is 4.39 Å². The first-order chi connectivity index (χ1) is 9.24. The summed E-state index contributed by atoms with van der Waals surface area (Å²) >= 11 is 0. The molecule has 2 unspecified atom stereocenters. The maximum absolute atomic E-state index is 12.9. The number of hydrogen-bond donors (Lipinski definition) is 2. The summed E-state index contributed by atoms with van der Waals surface area (Å²) in [6.45, 7) is 2.96. The van der Waals surface area contributed by atoms with Crippen molar-refractivity contribution in [2.24, 2.45) is 0 Å². The Balaban J connectivity index is 1.84. The summed E-state index contributed by atoms with van der Waals surface area (Å²) in [4.78, 5) is 0. The minimum atomic E-state index is -0.245. The predicted octanol–water partition coefficient (Wildman–Crippen LogP) is 1.86. The highest BCUT2D eigenvalue weighted by Gasteiger charge is 2.25. The molecule has 1 aliphatic rings. The third kappa shape index (κ3) is 2.47. The van der Waals surface area contributed by atoms with Crippen LogP contribution >= 0.6 is 0 Å². The molecule has 0 bridgehead atoms. The van der Waals surface area contributed by atoms with Crippen molar-refractivity contribution in [1.82, 2.24) is 21.0 Å². The zero-order valence-corrected chi connectivity index (χ0v) is 10.6. The molecule has 98 valence electrons. The smallest absolute Gasteiger partial charge is 0.123 e. The van der Waals surface area contributed by atoms with Crippen molar-refractivity contribution >= 4 is 0 Å². The Labute approximate surface area is 111 Å². The van der Waals surface area contributed by atoms with Gasteiger partial charge in [-0.2, -0.15) is 10.2 Å². The molecule has 0 amide bonds. The zero-order valence-electron chi connectivity index (χ0n) is 10.6. The summed E-state index contributed by atoms with van der Waals surface area (Å²) in [6, 6.07) is 10.5. The molecule has 2 N–H and O–H groups in total. The van der Waals surface area contributed by atoms with Gasteiger partial charge < -0.3 is 0 Å². The van der Waals surface area contributed by atoms with E-state index in [2.05, 4.69) is 28.0 Å². The van der Waals surface area contributed by atoms with Crippen LogP contribution in [0.3, 0.4) is 0 Å². The Kier molecular flexibility index (Phi) is 3.23. The molecule has 1 aromatic carbocycles. The van der Waals surface area contributed by atoms with E-state index in [1.54, 1.807) is 12.1 Å². The van der Waals surface area contributed by atoms with Crippen LogP contribution in [0.2, 0.25) is 0 Å². The van der Waals surface area contributed by atoms with E-state index in [0.29, 0.717) is 12.0 Å². The largest absolute Gasteiger partial charge is 0.257 e. The normalized spacial score (nSPS) is 22.6. The lowest BCUT2D eigenvalue weighted by Crippen LogP contribution is -2.28. The van der Waals surface area contributed by atoms with Crippen molar-refractivity contribution in [3.8, 4) is 11.3 Å². The lowest BCUT2D eigenvalue weighted by molar-refractivity contribution is 0.561. The van der Waals surface area contributed by atoms with E-state index < -0.39 is 0 Å². The highest BCUT2D eigenvalue weighted by Crippen LogP contribution is 2.22. The van der Waals surface area contributed by atoms with Gasteiger partial charge in [0.15, 0.2) is 0 Å². The van der Waals surface area contributed by atoms with Crippen LogP contribution in [0, 0.1) is 5.82 Å². The number of benzene rings is 1. The van der Waals surface area contributed by atoms with Crippen molar-refractivity contribution in [3.63, 3.8) is 0 Å². The summed E-state index contributed by atoms with van der Waals surface area (Å²) in [5.41, 5.74) is 8.87. The maximum atomic E-state index is 12.9. The minimum Gasteiger partial charge on any atom is -0.257 e. The Bertz CT molecular complexity index is 553. The highest BCUT2D eigenvalue weighted by molar-refractivity contribution is 5.58. The van der Waals surface area contributed by atoms with E-state index in [9.17, 15) is 4.39 Å². The fraction of sp³-hybridized carbons (Fsp3) is 0.286. The Morgan fingerprint density at radius 2 is 1.89 bits per heavy atom. The Morgan fingerprint density at radius 3 is 2.47 bits per heavy atom. The van der Waals surface area contributed by atoms with Crippen LogP contribution in [0.15, 0.2) is 36.4 Å². The quantitative estimate of drug-likeness (QED) is 0.863. The average Bonchev–Trinajstić information content (AvgIpc) is 2.86. The molecule has 19 heavy (non-hydrogen) atoms. The standard InChI is InChI=1S/C14H15FN4/c1-9-12(8-16-17-9)14-7-6-13(18-19-14)10-2-4-11(15)5-3-10/h2-7,9,12,16-17H,8H2,1H3. The molecule has 1 aromatic heterocycles. The third-order valence-electron chi connectivity index (χ3n) is 3.46. The molecule has 0 radical (unpaired) electrons. The first kappa shape index (κ1) is 12.2. The van der Waals surface area contributed by atoms with Gasteiger partial charge in [-0.15, -0.1) is 0 Å². The van der Waals surface area contributed by atoms with Gasteiger partial charge in [0.1, 0.15) is 5.82 Å². The van der Waals surface area contributed by atoms with Crippen LogP contribution in [0.5, 0.6) is 0 Å². The van der Waals surface area contributed by atoms with Crippen LogP contribution in [-0.4, -0.2) is 22.8 Å². The SMILES string of the molecule is CC1NNCC1c1ccc(-c2ccc(F)cc2)nn1. The van der Waals surface area contributed by atoms with Gasteiger partial charge in [-0.3, -0.25) is 10.9 Å². The summed E-state index contributed by atoms with van der Waals surface area (Å²) in [5, 5.41) is 8.52. The molecule has 5 heteroatoms. The van der Waals surface area contributed by atoms with Crippen LogP contribution in [-0.2, 0) is 0 Å². The summed E-state index contributed by atoms with van der Waals surface area (Å²) in [6.07, 6.45) is 0. The van der Waals surface area contributed by atoms with E-state index >= 15 is 0 Å². The second kappa shape index (κ2) is 5.03. The van der Waals surface area contributed by atoms with Crippen molar-refractivity contribution in [2.75, 3.05) is 6.54 Å². The molecule has 1 aliphatic heterocycles. The van der Waals surface area contributed by atoms with Crippen LogP contribution in [0.4, 0.5) is 4.39 Å². The van der Waals surface area contributed by atoms with E-state index in [0.717, 1.165) is 23.5 Å². The number of halogens is 1. The van der Waals surface area contributed by atoms with E-state index in [4.69, 9.17) is 0 Å². The minimum absolute atomic E-state index is 0.245. The number of hydrogen-bond acceptors (Lipinski definition) is 4. The fourth-order valence-electron chi connectivity index (χ4n) is 2.28. The first-order valence-corrected chi connectivity index (χ1v) is 6.32. The number of rotatable bonds is 2. The van der Waals surface area contributed by atoms with Crippen LogP contribution in [0.1, 0.15) is 18.5 Å². The lowest BCUT2D eigenvalue weighted by atomic mass is 9.99. The van der Waals surface area contributed by atoms with Gasteiger partial charge in [-0.05, 0) is 43.3 Å². The van der Waals surface area contributed by atoms with Gasteiger partial charge in [0.2, 0.25) is 0 Å². The highest BCUT2D eigenvalue weighted by atomic mass is 19.1. The Morgan fingerprint density at radius 1 is 1.11 bits per heavy atom. The molecule has 0 saturated carbocycles. The number of nitrogens with zero attached hydrogens (tertiary/aromatic N) is 2. The topological polar surface area (TPSA) is 49.8 Å². The fourth-order valence-corrected chi connectivity index (χ4v) is 2.28. The molecule has 1 fully saturated rings. The second-order valence-corrected chi connectivity index (χ2v) is 4.77. The van der Waals surface area contributed by atoms with Crippen LogP contribution < -0.4 is 10.9 Å². The van der Waals surface area contributed by atoms with Gasteiger partial charge in [0, 0.05) is 24.1 Å². The summed E-state index contributed by atoms with van der Waals surface area (Å²) in [5.74, 6) is 0.0834. The predicted molar refractivity (Wildman–Crippen MR) is 70.8 cm³/mol. The van der Waals surface area contributed by atoms with E-state index in [1.165, 1.54) is 12.1 Å². The molecule has 2 aromatic rings. The molecular weight excluding hydrogens is 243 g/mol. The summed E-state index contributed by atoms with van der Waals surface area (Å²) in [7, 11) is 0. The number of aromatic nitrogens is 2.